The number of carbonyl (C=O) groups excluding carboxylic acids is 1. The van der Waals surface area contributed by atoms with E-state index in [2.05, 4.69) is 4.72 Å². The zero-order valence-corrected chi connectivity index (χ0v) is 22.0. The average molecular weight is 526 g/mol. The number of carbonyl (C=O) groups is 2. The molecule has 36 heavy (non-hydrogen) atoms. The van der Waals surface area contributed by atoms with Crippen molar-refractivity contribution in [3.05, 3.63) is 29.3 Å². The van der Waals surface area contributed by atoms with Crippen LogP contribution >= 0.6 is 0 Å². The summed E-state index contributed by atoms with van der Waals surface area (Å²) in [5.74, 6) is -1.38. The molecule has 0 aromatic heterocycles. The van der Waals surface area contributed by atoms with E-state index >= 15 is 0 Å². The summed E-state index contributed by atoms with van der Waals surface area (Å²) in [6.45, 7) is 4.19. The topological polar surface area (TPSA) is 136 Å². The van der Waals surface area contributed by atoms with Gasteiger partial charge in [0.15, 0.2) is 0 Å². The minimum Gasteiger partial charge on any atom is -0.493 e. The second-order valence-electron chi connectivity index (χ2n) is 9.70. The number of likely N-dealkylation sites (tertiary alicyclic amines) is 1. The molecule has 1 fully saturated rings. The average Bonchev–Trinajstić information content (AvgIpc) is 3.42. The third kappa shape index (κ3) is 7.41. The molecule has 2 aliphatic rings. The summed E-state index contributed by atoms with van der Waals surface area (Å²) < 4.78 is 31.3. The molecule has 0 radical (unpaired) electrons. The molecule has 202 valence electrons. The Morgan fingerprint density at radius 2 is 2.00 bits per heavy atom. The molecule has 3 atom stereocenters. The molecule has 11 heteroatoms. The van der Waals surface area contributed by atoms with Crippen LogP contribution in [0.15, 0.2) is 18.2 Å². The smallest absolute Gasteiger partial charge is 0.308 e. The number of unbranched alkanes of at least 4 members (excludes halogenated alkanes) is 1. The number of rotatable bonds is 14. The number of sulfonamides is 1. The number of nitrogens with one attached hydrogen (secondary N) is 1. The van der Waals surface area contributed by atoms with E-state index in [1.54, 1.807) is 4.90 Å². The summed E-state index contributed by atoms with van der Waals surface area (Å²) >= 11 is 0. The Morgan fingerprint density at radius 1 is 1.25 bits per heavy atom. The molecular formula is C25H39N3O7S. The molecule has 0 spiro atoms. The number of aliphatic carboxylic acids is 1. The second kappa shape index (κ2) is 12.8. The number of hydrogen-bond acceptors (Lipinski definition) is 7. The van der Waals surface area contributed by atoms with Crippen LogP contribution in [0, 0.1) is 5.92 Å². The van der Waals surface area contributed by atoms with E-state index in [9.17, 15) is 28.2 Å². The highest BCUT2D eigenvalue weighted by atomic mass is 32.2. The lowest BCUT2D eigenvalue weighted by Gasteiger charge is -2.29. The number of aliphatic hydroxyl groups excluding tert-OH is 1. The van der Waals surface area contributed by atoms with Gasteiger partial charge in [-0.25, -0.2) is 13.1 Å². The van der Waals surface area contributed by atoms with Gasteiger partial charge >= 0.3 is 5.97 Å². The van der Waals surface area contributed by atoms with Crippen LogP contribution in [0.2, 0.25) is 0 Å². The van der Waals surface area contributed by atoms with Crippen LogP contribution < -0.4 is 9.46 Å². The van der Waals surface area contributed by atoms with Crippen molar-refractivity contribution >= 4 is 21.9 Å². The maximum atomic E-state index is 13.3. The van der Waals surface area contributed by atoms with Gasteiger partial charge < -0.3 is 19.8 Å². The van der Waals surface area contributed by atoms with Crippen LogP contribution in [-0.2, 0) is 26.0 Å². The van der Waals surface area contributed by atoms with Gasteiger partial charge in [0.25, 0.3) is 0 Å². The molecule has 10 nitrogen and oxygen atoms in total. The summed E-state index contributed by atoms with van der Waals surface area (Å²) in [6.07, 6.45) is 4.37. The lowest BCUT2D eigenvalue weighted by atomic mass is 9.83. The van der Waals surface area contributed by atoms with Gasteiger partial charge in [-0.3, -0.25) is 14.5 Å². The van der Waals surface area contributed by atoms with E-state index in [1.165, 1.54) is 0 Å². The van der Waals surface area contributed by atoms with Gasteiger partial charge in [-0.1, -0.05) is 25.5 Å². The third-order valence-corrected chi connectivity index (χ3v) is 7.77. The Bertz CT molecular complexity index is 1010. The van der Waals surface area contributed by atoms with E-state index in [-0.39, 0.29) is 37.9 Å². The van der Waals surface area contributed by atoms with E-state index in [1.807, 2.05) is 30.0 Å². The number of amides is 1. The van der Waals surface area contributed by atoms with E-state index in [0.717, 1.165) is 42.4 Å². The maximum Gasteiger partial charge on any atom is 0.308 e. The normalized spacial score (nSPS) is 21.8. The Hall–Kier alpha value is -2.21. The van der Waals surface area contributed by atoms with Crippen molar-refractivity contribution in [2.75, 3.05) is 52.2 Å². The SMILES string of the molecule is CCCCN(CCCO)C(=O)CN1C[C@H](c2ccc3c(c2)CCO3)C(C(=O)O)[C@@H]1CCNS(C)(=O)=O. The number of hydrogen-bond donors (Lipinski definition) is 3. The number of ether oxygens (including phenoxy) is 1. The Kier molecular flexibility index (Phi) is 10.1. The summed E-state index contributed by atoms with van der Waals surface area (Å²) in [5.41, 5.74) is 1.95. The van der Waals surface area contributed by atoms with Crippen molar-refractivity contribution in [1.82, 2.24) is 14.5 Å². The monoisotopic (exact) mass is 525 g/mol. The van der Waals surface area contributed by atoms with Crippen molar-refractivity contribution in [2.45, 2.75) is 51.0 Å². The Labute approximate surface area is 213 Å². The van der Waals surface area contributed by atoms with Gasteiger partial charge in [0.05, 0.1) is 25.3 Å². The van der Waals surface area contributed by atoms with Crippen molar-refractivity contribution in [1.29, 1.82) is 0 Å². The molecule has 0 saturated carbocycles. The van der Waals surface area contributed by atoms with Gasteiger partial charge in [0.1, 0.15) is 5.75 Å². The van der Waals surface area contributed by atoms with Crippen molar-refractivity contribution in [3.8, 4) is 5.75 Å². The molecule has 0 bridgehead atoms. The number of benzene rings is 1. The van der Waals surface area contributed by atoms with Gasteiger partial charge in [0, 0.05) is 51.2 Å². The Balaban J connectivity index is 1.85. The highest BCUT2D eigenvalue weighted by molar-refractivity contribution is 7.88. The highest BCUT2D eigenvalue weighted by Crippen LogP contribution is 2.41. The summed E-state index contributed by atoms with van der Waals surface area (Å²) in [6, 6.07) is 5.28. The summed E-state index contributed by atoms with van der Waals surface area (Å²) in [4.78, 5) is 29.5. The largest absolute Gasteiger partial charge is 0.493 e. The first-order chi connectivity index (χ1) is 17.1. The number of carboxylic acids is 1. The minimum atomic E-state index is -3.43. The standard InChI is InChI=1S/C25H39N3O7S/c1-3-4-11-27(12-5-13-29)23(30)17-28-16-20(18-6-7-22-19(15-18)9-14-35-22)24(25(31)32)21(28)8-10-26-36(2,33)34/h6-7,15,20-21,24,26,29H,3-5,8-14,16-17H2,1-2H3,(H,31,32)/t20-,21+,24?/m1/s1. The molecule has 2 aliphatic heterocycles. The maximum absolute atomic E-state index is 13.3. The van der Waals surface area contributed by atoms with Crippen LogP contribution in [0.1, 0.15) is 49.7 Å². The first-order valence-corrected chi connectivity index (χ1v) is 14.6. The van der Waals surface area contributed by atoms with Crippen LogP contribution in [0.5, 0.6) is 5.75 Å². The van der Waals surface area contributed by atoms with Gasteiger partial charge in [-0.05, 0) is 36.5 Å². The number of fused-ring (bicyclic) bond motifs is 1. The van der Waals surface area contributed by atoms with E-state index in [4.69, 9.17) is 4.74 Å². The predicted molar refractivity (Wildman–Crippen MR) is 136 cm³/mol. The number of carboxylic acid groups (broad SMARTS) is 1. The lowest BCUT2D eigenvalue weighted by molar-refractivity contribution is -0.143. The first-order valence-electron chi connectivity index (χ1n) is 12.7. The predicted octanol–water partition coefficient (Wildman–Crippen LogP) is 1.04. The molecule has 3 rings (SSSR count). The number of aliphatic hydroxyl groups is 1. The fourth-order valence-corrected chi connectivity index (χ4v) is 5.75. The van der Waals surface area contributed by atoms with Crippen LogP contribution in [-0.4, -0.2) is 98.5 Å². The van der Waals surface area contributed by atoms with Gasteiger partial charge in [-0.2, -0.15) is 0 Å². The quantitative estimate of drug-likeness (QED) is 0.328. The van der Waals surface area contributed by atoms with Crippen LogP contribution in [0.3, 0.4) is 0 Å². The van der Waals surface area contributed by atoms with Crippen LogP contribution in [0.25, 0.3) is 0 Å². The number of nitrogens with zero attached hydrogens (tertiary/aromatic N) is 2. The van der Waals surface area contributed by atoms with Crippen molar-refractivity contribution in [3.63, 3.8) is 0 Å². The van der Waals surface area contributed by atoms with Gasteiger partial charge in [0.2, 0.25) is 15.9 Å². The molecule has 1 aromatic rings. The third-order valence-electron chi connectivity index (χ3n) is 7.04. The fourth-order valence-electron chi connectivity index (χ4n) is 5.27. The summed E-state index contributed by atoms with van der Waals surface area (Å²) in [5, 5.41) is 19.5. The van der Waals surface area contributed by atoms with E-state index < -0.39 is 28.0 Å². The molecule has 3 N–H and O–H groups in total. The molecule has 2 heterocycles. The van der Waals surface area contributed by atoms with E-state index in [0.29, 0.717) is 32.7 Å². The molecule has 1 aromatic carbocycles. The highest BCUT2D eigenvalue weighted by Gasteiger charge is 2.47. The molecule has 1 saturated heterocycles. The molecule has 0 aliphatic carbocycles. The van der Waals surface area contributed by atoms with Gasteiger partial charge in [-0.15, -0.1) is 0 Å². The zero-order valence-electron chi connectivity index (χ0n) is 21.2. The lowest BCUT2D eigenvalue weighted by Crippen LogP contribution is -2.45. The Morgan fingerprint density at radius 3 is 2.67 bits per heavy atom. The fraction of sp³-hybridized carbons (Fsp3) is 0.680. The van der Waals surface area contributed by atoms with Crippen molar-refractivity contribution < 1.29 is 33.0 Å². The summed E-state index contributed by atoms with van der Waals surface area (Å²) in [7, 11) is -3.43. The molecule has 1 unspecified atom stereocenters. The second-order valence-corrected chi connectivity index (χ2v) is 11.5. The van der Waals surface area contributed by atoms with Crippen molar-refractivity contribution in [2.24, 2.45) is 5.92 Å². The molecule has 1 amide bonds. The minimum absolute atomic E-state index is 0.00931. The van der Waals surface area contributed by atoms with Crippen LogP contribution in [0.4, 0.5) is 0 Å². The molecular weight excluding hydrogens is 486 g/mol. The first kappa shape index (κ1) is 28.4. The zero-order chi connectivity index (χ0) is 26.3.